The fourth-order valence-electron chi connectivity index (χ4n) is 2.24. The Bertz CT molecular complexity index is 430. The third-order valence-electron chi connectivity index (χ3n) is 3.23. The molecule has 1 aliphatic rings. The van der Waals surface area contributed by atoms with Gasteiger partial charge in [0.05, 0.1) is 12.7 Å². The second-order valence-corrected chi connectivity index (χ2v) is 4.87. The summed E-state index contributed by atoms with van der Waals surface area (Å²) in [5.74, 6) is 0.111. The summed E-state index contributed by atoms with van der Waals surface area (Å²) in [6.07, 6.45) is 5.12. The summed E-state index contributed by atoms with van der Waals surface area (Å²) in [4.78, 5) is 12.1. The number of nitrogen functional groups attached to an aromatic ring is 1. The molecule has 1 aromatic rings. The van der Waals surface area contributed by atoms with Crippen LogP contribution in [0, 0.1) is 0 Å². The number of nitrogens with two attached hydrogens (primary N) is 1. The van der Waals surface area contributed by atoms with Gasteiger partial charge in [0, 0.05) is 13.5 Å². The van der Waals surface area contributed by atoms with Crippen molar-refractivity contribution in [3.8, 4) is 12.0 Å². The van der Waals surface area contributed by atoms with Crippen LogP contribution in [0.2, 0.25) is 0 Å². The number of rotatable bonds is 6. The molecule has 1 saturated carbocycles. The third kappa shape index (κ3) is 4.19. The predicted molar refractivity (Wildman–Crippen MR) is 73.7 cm³/mol. The van der Waals surface area contributed by atoms with Crippen LogP contribution < -0.4 is 15.2 Å². The van der Waals surface area contributed by atoms with E-state index in [-0.39, 0.29) is 30.2 Å². The fraction of sp³-hybridized carbons (Fsp3) is 0.769. The second kappa shape index (κ2) is 7.23. The molecule has 1 fully saturated rings. The lowest BCUT2D eigenvalue weighted by atomic mass is 9.95. The molecular formula is C13H22N4O3. The molecular weight excluding hydrogens is 260 g/mol. The molecule has 1 heterocycles. The van der Waals surface area contributed by atoms with Gasteiger partial charge in [-0.05, 0) is 25.7 Å². The summed E-state index contributed by atoms with van der Waals surface area (Å²) < 4.78 is 16.5. The molecule has 7 nitrogen and oxygen atoms in total. The van der Waals surface area contributed by atoms with Crippen LogP contribution in [-0.2, 0) is 4.74 Å². The topological polar surface area (TPSA) is 92.4 Å². The number of aromatic nitrogens is 3. The molecule has 20 heavy (non-hydrogen) atoms. The van der Waals surface area contributed by atoms with Gasteiger partial charge in [-0.3, -0.25) is 0 Å². The highest BCUT2D eigenvalue weighted by atomic mass is 16.5. The van der Waals surface area contributed by atoms with Crippen molar-refractivity contribution >= 4 is 5.95 Å². The van der Waals surface area contributed by atoms with Crippen molar-refractivity contribution in [2.45, 2.75) is 51.2 Å². The highest BCUT2D eigenvalue weighted by molar-refractivity contribution is 5.20. The van der Waals surface area contributed by atoms with Crippen LogP contribution in [0.4, 0.5) is 5.95 Å². The van der Waals surface area contributed by atoms with E-state index in [1.807, 2.05) is 6.92 Å². The Morgan fingerprint density at radius 2 is 1.90 bits per heavy atom. The first kappa shape index (κ1) is 14.8. The van der Waals surface area contributed by atoms with E-state index >= 15 is 0 Å². The zero-order valence-electron chi connectivity index (χ0n) is 12.0. The summed E-state index contributed by atoms with van der Waals surface area (Å²) >= 11 is 0. The van der Waals surface area contributed by atoms with Crippen molar-refractivity contribution in [2.24, 2.45) is 0 Å². The van der Waals surface area contributed by atoms with Crippen molar-refractivity contribution in [3.63, 3.8) is 0 Å². The molecule has 2 unspecified atom stereocenters. The third-order valence-corrected chi connectivity index (χ3v) is 3.23. The summed E-state index contributed by atoms with van der Waals surface area (Å²) in [5.41, 5.74) is 5.64. The molecule has 1 aliphatic carbocycles. The van der Waals surface area contributed by atoms with Crippen molar-refractivity contribution in [3.05, 3.63) is 0 Å². The Morgan fingerprint density at radius 1 is 1.15 bits per heavy atom. The van der Waals surface area contributed by atoms with E-state index in [4.69, 9.17) is 19.9 Å². The molecule has 2 rings (SSSR count). The fourth-order valence-corrected chi connectivity index (χ4v) is 2.24. The van der Waals surface area contributed by atoms with Gasteiger partial charge in [-0.2, -0.15) is 9.97 Å². The van der Waals surface area contributed by atoms with Gasteiger partial charge in [0.1, 0.15) is 6.10 Å². The van der Waals surface area contributed by atoms with Crippen LogP contribution in [0.3, 0.4) is 0 Å². The minimum absolute atomic E-state index is 0.0505. The quantitative estimate of drug-likeness (QED) is 0.846. The maximum Gasteiger partial charge on any atom is 0.324 e. The molecule has 1 aromatic heterocycles. The molecule has 0 bridgehead atoms. The van der Waals surface area contributed by atoms with Crippen LogP contribution in [0.1, 0.15) is 39.0 Å². The van der Waals surface area contributed by atoms with E-state index in [0.717, 1.165) is 32.1 Å². The highest BCUT2D eigenvalue weighted by Crippen LogP contribution is 2.24. The van der Waals surface area contributed by atoms with Crippen LogP contribution >= 0.6 is 0 Å². The average molecular weight is 282 g/mol. The Balaban J connectivity index is 1.99. The molecule has 0 spiro atoms. The van der Waals surface area contributed by atoms with E-state index in [0.29, 0.717) is 6.61 Å². The van der Waals surface area contributed by atoms with E-state index in [2.05, 4.69) is 15.0 Å². The zero-order chi connectivity index (χ0) is 14.4. The lowest BCUT2D eigenvalue weighted by Gasteiger charge is -2.27. The molecule has 2 atom stereocenters. The molecule has 2 N–H and O–H groups in total. The summed E-state index contributed by atoms with van der Waals surface area (Å²) in [6, 6.07) is 0.443. The monoisotopic (exact) mass is 282 g/mol. The number of hydrogen-bond acceptors (Lipinski definition) is 7. The number of anilines is 1. The van der Waals surface area contributed by atoms with Gasteiger partial charge >= 0.3 is 12.0 Å². The first-order chi connectivity index (χ1) is 9.71. The highest BCUT2D eigenvalue weighted by Gasteiger charge is 2.24. The molecule has 0 saturated heterocycles. The summed E-state index contributed by atoms with van der Waals surface area (Å²) in [7, 11) is 1.73. The Morgan fingerprint density at radius 3 is 2.65 bits per heavy atom. The summed E-state index contributed by atoms with van der Waals surface area (Å²) in [6.45, 7) is 2.55. The molecule has 0 aromatic carbocycles. The van der Waals surface area contributed by atoms with Gasteiger partial charge < -0.3 is 19.9 Å². The molecule has 0 amide bonds. The SMILES string of the molecule is CCCOc1nc(N)nc(OC2CCCC(OC)C2)n1. The van der Waals surface area contributed by atoms with E-state index in [1.165, 1.54) is 0 Å². The van der Waals surface area contributed by atoms with E-state index in [9.17, 15) is 0 Å². The molecule has 0 radical (unpaired) electrons. The number of nitrogens with zero attached hydrogens (tertiary/aromatic N) is 3. The Kier molecular flexibility index (Phi) is 5.34. The average Bonchev–Trinajstić information content (AvgIpc) is 2.44. The van der Waals surface area contributed by atoms with E-state index in [1.54, 1.807) is 7.11 Å². The smallest absolute Gasteiger partial charge is 0.324 e. The second-order valence-electron chi connectivity index (χ2n) is 4.87. The van der Waals surface area contributed by atoms with Gasteiger partial charge in [-0.15, -0.1) is 4.98 Å². The van der Waals surface area contributed by atoms with Gasteiger partial charge in [0.2, 0.25) is 5.95 Å². The first-order valence-corrected chi connectivity index (χ1v) is 7.05. The van der Waals surface area contributed by atoms with Crippen molar-refractivity contribution < 1.29 is 14.2 Å². The van der Waals surface area contributed by atoms with E-state index < -0.39 is 0 Å². The van der Waals surface area contributed by atoms with Gasteiger partial charge in [0.15, 0.2) is 0 Å². The maximum absolute atomic E-state index is 5.79. The predicted octanol–water partition coefficient (Wildman–Crippen LogP) is 1.58. The minimum atomic E-state index is 0.0505. The number of ether oxygens (including phenoxy) is 3. The van der Waals surface area contributed by atoms with Gasteiger partial charge in [-0.1, -0.05) is 6.92 Å². The first-order valence-electron chi connectivity index (χ1n) is 7.05. The van der Waals surface area contributed by atoms with Crippen molar-refractivity contribution in [1.29, 1.82) is 0 Å². The Labute approximate surface area is 118 Å². The molecule has 7 heteroatoms. The standard InChI is InChI=1S/C13H22N4O3/c1-3-7-19-12-15-11(14)16-13(17-12)20-10-6-4-5-9(8-10)18-2/h9-10H,3-8H2,1-2H3,(H2,14,15,16,17). The van der Waals surface area contributed by atoms with Gasteiger partial charge in [-0.25, -0.2) is 0 Å². The minimum Gasteiger partial charge on any atom is -0.463 e. The largest absolute Gasteiger partial charge is 0.463 e. The zero-order valence-corrected chi connectivity index (χ0v) is 12.0. The maximum atomic E-state index is 5.79. The van der Waals surface area contributed by atoms with Crippen LogP contribution in [-0.4, -0.2) is 40.9 Å². The van der Waals surface area contributed by atoms with Gasteiger partial charge in [0.25, 0.3) is 0 Å². The number of hydrogen-bond donors (Lipinski definition) is 1. The lowest BCUT2D eigenvalue weighted by Crippen LogP contribution is -2.30. The lowest BCUT2D eigenvalue weighted by molar-refractivity contribution is 0.0176. The van der Waals surface area contributed by atoms with Crippen molar-refractivity contribution in [1.82, 2.24) is 15.0 Å². The number of methoxy groups -OCH3 is 1. The molecule has 0 aliphatic heterocycles. The van der Waals surface area contributed by atoms with Crippen molar-refractivity contribution in [2.75, 3.05) is 19.5 Å². The normalized spacial score (nSPS) is 22.5. The van der Waals surface area contributed by atoms with Crippen LogP contribution in [0.15, 0.2) is 0 Å². The van der Waals surface area contributed by atoms with Crippen LogP contribution in [0.5, 0.6) is 12.0 Å². The van der Waals surface area contributed by atoms with Crippen LogP contribution in [0.25, 0.3) is 0 Å². The molecule has 112 valence electrons. The summed E-state index contributed by atoms with van der Waals surface area (Å²) in [5, 5.41) is 0. The Hall–Kier alpha value is -1.63.